The monoisotopic (exact) mass is 462 g/mol. The van der Waals surface area contributed by atoms with Gasteiger partial charge in [-0.2, -0.15) is 13.2 Å². The molecular weight excluding hydrogens is 433 g/mol. The zero-order valence-electron chi connectivity index (χ0n) is 18.9. The largest absolute Gasteiger partial charge is 0.493 e. The van der Waals surface area contributed by atoms with Crippen LogP contribution in [-0.2, 0) is 11.2 Å². The van der Waals surface area contributed by atoms with Gasteiger partial charge in [-0.25, -0.2) is 0 Å². The van der Waals surface area contributed by atoms with Gasteiger partial charge in [0.05, 0.1) is 32.7 Å². The lowest BCUT2D eigenvalue weighted by atomic mass is 9.87. The normalized spacial score (nSPS) is 21.4. The number of hydrogen-bond acceptors (Lipinski definition) is 4. The number of hydrogen-bond donors (Lipinski definition) is 0. The topological polar surface area (TPSA) is 42.0 Å². The molecule has 8 heteroatoms. The Morgan fingerprint density at radius 2 is 1.76 bits per heavy atom. The number of alkyl halides is 3. The van der Waals surface area contributed by atoms with E-state index in [4.69, 9.17) is 9.47 Å². The number of carbonyl (C=O) groups is 1. The Labute approximate surface area is 192 Å². The van der Waals surface area contributed by atoms with Gasteiger partial charge in [-0.1, -0.05) is 30.3 Å². The summed E-state index contributed by atoms with van der Waals surface area (Å²) in [6.45, 7) is 0.848. The molecule has 0 spiro atoms. The highest BCUT2D eigenvalue weighted by Crippen LogP contribution is 2.41. The molecule has 2 aliphatic heterocycles. The van der Waals surface area contributed by atoms with Crippen LogP contribution < -0.4 is 9.47 Å². The average Bonchev–Trinajstić information content (AvgIpc) is 2.82. The van der Waals surface area contributed by atoms with Gasteiger partial charge in [0.1, 0.15) is 0 Å². The van der Waals surface area contributed by atoms with Crippen molar-refractivity contribution in [2.24, 2.45) is 5.92 Å². The molecule has 0 bridgehead atoms. The van der Waals surface area contributed by atoms with Crippen molar-refractivity contribution in [3.05, 3.63) is 59.2 Å². The van der Waals surface area contributed by atoms with Crippen LogP contribution in [-0.4, -0.2) is 62.3 Å². The van der Waals surface area contributed by atoms with E-state index < -0.39 is 12.1 Å². The third-order valence-electron chi connectivity index (χ3n) is 6.64. The Kier molecular flexibility index (Phi) is 6.83. The Morgan fingerprint density at radius 1 is 1.06 bits per heavy atom. The maximum absolute atomic E-state index is 13.4. The predicted molar refractivity (Wildman–Crippen MR) is 118 cm³/mol. The van der Waals surface area contributed by atoms with Crippen molar-refractivity contribution in [1.29, 1.82) is 0 Å². The number of ether oxygens (including phenoxy) is 2. The molecule has 0 aliphatic carbocycles. The Hall–Kier alpha value is -2.74. The smallest absolute Gasteiger partial charge is 0.393 e. The SMILES string of the molecule is COc1cc2c(cc1OC)C(c1ccccc1)N(C(=O)CN1CCCC(C(F)(F)F)C1)CC2. The first-order valence-corrected chi connectivity index (χ1v) is 11.2. The van der Waals surface area contributed by atoms with E-state index in [0.29, 0.717) is 37.4 Å². The third kappa shape index (κ3) is 4.95. The molecule has 33 heavy (non-hydrogen) atoms. The number of benzene rings is 2. The second-order valence-corrected chi connectivity index (χ2v) is 8.67. The summed E-state index contributed by atoms with van der Waals surface area (Å²) in [6, 6.07) is 13.2. The molecule has 5 nitrogen and oxygen atoms in total. The number of halogens is 3. The molecule has 1 amide bonds. The van der Waals surface area contributed by atoms with Gasteiger partial charge in [0.15, 0.2) is 11.5 Å². The number of rotatable bonds is 5. The van der Waals surface area contributed by atoms with Crippen molar-refractivity contribution < 1.29 is 27.4 Å². The number of carbonyl (C=O) groups excluding carboxylic acids is 1. The molecule has 2 aromatic carbocycles. The summed E-state index contributed by atoms with van der Waals surface area (Å²) in [4.78, 5) is 16.9. The van der Waals surface area contributed by atoms with Crippen LogP contribution in [0.1, 0.15) is 35.6 Å². The van der Waals surface area contributed by atoms with E-state index in [-0.39, 0.29) is 31.5 Å². The summed E-state index contributed by atoms with van der Waals surface area (Å²) in [5.74, 6) is -0.320. The van der Waals surface area contributed by atoms with Crippen LogP contribution in [0, 0.1) is 5.92 Å². The first-order chi connectivity index (χ1) is 15.8. The number of fused-ring (bicyclic) bond motifs is 1. The highest BCUT2D eigenvalue weighted by Gasteiger charge is 2.42. The van der Waals surface area contributed by atoms with Crippen molar-refractivity contribution >= 4 is 5.91 Å². The number of methoxy groups -OCH3 is 2. The van der Waals surface area contributed by atoms with E-state index in [1.54, 1.807) is 24.0 Å². The van der Waals surface area contributed by atoms with Crippen LogP contribution in [0.5, 0.6) is 11.5 Å². The highest BCUT2D eigenvalue weighted by molar-refractivity contribution is 5.80. The molecule has 178 valence electrons. The van der Waals surface area contributed by atoms with E-state index in [1.165, 1.54) is 0 Å². The zero-order chi connectivity index (χ0) is 23.6. The van der Waals surface area contributed by atoms with Gasteiger partial charge in [-0.05, 0) is 54.6 Å². The van der Waals surface area contributed by atoms with Gasteiger partial charge in [0.2, 0.25) is 5.91 Å². The summed E-state index contributed by atoms with van der Waals surface area (Å²) < 4.78 is 50.7. The summed E-state index contributed by atoms with van der Waals surface area (Å²) >= 11 is 0. The lowest BCUT2D eigenvalue weighted by Gasteiger charge is -2.40. The second-order valence-electron chi connectivity index (χ2n) is 8.67. The summed E-state index contributed by atoms with van der Waals surface area (Å²) in [5, 5.41) is 0. The van der Waals surface area contributed by atoms with Crippen LogP contribution in [0.25, 0.3) is 0 Å². The van der Waals surface area contributed by atoms with Crippen molar-refractivity contribution in [2.45, 2.75) is 31.5 Å². The van der Waals surface area contributed by atoms with E-state index >= 15 is 0 Å². The number of nitrogens with zero attached hydrogens (tertiary/aromatic N) is 2. The van der Waals surface area contributed by atoms with Gasteiger partial charge >= 0.3 is 6.18 Å². The summed E-state index contributed by atoms with van der Waals surface area (Å²) in [7, 11) is 3.16. The number of piperidine rings is 1. The third-order valence-corrected chi connectivity index (χ3v) is 6.64. The van der Waals surface area contributed by atoms with Crippen LogP contribution in [0.2, 0.25) is 0 Å². The minimum Gasteiger partial charge on any atom is -0.493 e. The van der Waals surface area contributed by atoms with Gasteiger partial charge < -0.3 is 14.4 Å². The summed E-state index contributed by atoms with van der Waals surface area (Å²) in [6.07, 6.45) is -3.02. The minimum atomic E-state index is -4.23. The van der Waals surface area contributed by atoms with Gasteiger partial charge in [-0.15, -0.1) is 0 Å². The fourth-order valence-corrected chi connectivity index (χ4v) is 4.96. The van der Waals surface area contributed by atoms with E-state index in [9.17, 15) is 18.0 Å². The molecule has 0 saturated carbocycles. The van der Waals surface area contributed by atoms with Crippen molar-refractivity contribution in [3.63, 3.8) is 0 Å². The quantitative estimate of drug-likeness (QED) is 0.659. The summed E-state index contributed by atoms with van der Waals surface area (Å²) in [5.41, 5.74) is 2.97. The predicted octanol–water partition coefficient (Wildman–Crippen LogP) is 4.45. The molecule has 2 aliphatic rings. The minimum absolute atomic E-state index is 0.0153. The van der Waals surface area contributed by atoms with Gasteiger partial charge in [-0.3, -0.25) is 9.69 Å². The first kappa shape index (κ1) is 23.4. The fraction of sp³-hybridized carbons (Fsp3) is 0.480. The van der Waals surface area contributed by atoms with Crippen molar-refractivity contribution in [2.75, 3.05) is 40.4 Å². The maximum Gasteiger partial charge on any atom is 0.393 e. The molecule has 4 rings (SSSR count). The van der Waals surface area contributed by atoms with Crippen LogP contribution in [0.4, 0.5) is 13.2 Å². The molecule has 2 aromatic rings. The molecule has 1 saturated heterocycles. The standard InChI is InChI=1S/C25H29F3N2O3/c1-32-21-13-18-10-12-30(23(31)16-29-11-6-9-19(15-29)25(26,27)28)24(17-7-4-3-5-8-17)20(18)14-22(21)33-2/h3-5,7-8,13-14,19,24H,6,9-12,15-16H2,1-2H3. The molecule has 0 aromatic heterocycles. The highest BCUT2D eigenvalue weighted by atomic mass is 19.4. The molecule has 2 atom stereocenters. The second kappa shape index (κ2) is 9.63. The van der Waals surface area contributed by atoms with E-state index in [0.717, 1.165) is 16.7 Å². The molecule has 2 heterocycles. The molecular formula is C25H29F3N2O3. The van der Waals surface area contributed by atoms with E-state index in [1.807, 2.05) is 42.5 Å². The van der Waals surface area contributed by atoms with Crippen molar-refractivity contribution in [1.82, 2.24) is 9.80 Å². The van der Waals surface area contributed by atoms with Crippen LogP contribution in [0.15, 0.2) is 42.5 Å². The molecule has 1 fully saturated rings. The van der Waals surface area contributed by atoms with Gasteiger partial charge in [0, 0.05) is 13.1 Å². The Morgan fingerprint density at radius 3 is 2.42 bits per heavy atom. The van der Waals surface area contributed by atoms with Crippen molar-refractivity contribution in [3.8, 4) is 11.5 Å². The number of likely N-dealkylation sites (tertiary alicyclic amines) is 1. The molecule has 2 unspecified atom stereocenters. The maximum atomic E-state index is 13.4. The first-order valence-electron chi connectivity index (χ1n) is 11.2. The lowest BCUT2D eigenvalue weighted by Crippen LogP contribution is -2.49. The molecule has 0 radical (unpaired) electrons. The zero-order valence-corrected chi connectivity index (χ0v) is 18.9. The molecule has 0 N–H and O–H groups in total. The average molecular weight is 463 g/mol. The Balaban J connectivity index is 1.63. The van der Waals surface area contributed by atoms with Crippen LogP contribution >= 0.6 is 0 Å². The van der Waals surface area contributed by atoms with E-state index in [2.05, 4.69) is 0 Å². The fourth-order valence-electron chi connectivity index (χ4n) is 4.96. The van der Waals surface area contributed by atoms with Gasteiger partial charge in [0.25, 0.3) is 0 Å². The number of amides is 1. The van der Waals surface area contributed by atoms with Crippen LogP contribution in [0.3, 0.4) is 0 Å². The lowest BCUT2D eigenvalue weighted by molar-refractivity contribution is -0.187. The Bertz CT molecular complexity index is 981.